The van der Waals surface area contributed by atoms with Gasteiger partial charge < -0.3 is 9.97 Å². The van der Waals surface area contributed by atoms with E-state index in [-0.39, 0.29) is 30.3 Å². The molecule has 2 N–H and O–H groups in total. The summed E-state index contributed by atoms with van der Waals surface area (Å²) >= 11 is 0. The Bertz CT molecular complexity index is 1530. The molecule has 0 saturated carbocycles. The molecule has 0 aliphatic rings. The van der Waals surface area contributed by atoms with E-state index in [2.05, 4.69) is 9.97 Å². The average molecular weight is 492 g/mol. The van der Waals surface area contributed by atoms with Gasteiger partial charge in [-0.3, -0.25) is 9.59 Å². The third-order valence-corrected chi connectivity index (χ3v) is 5.28. The minimum Gasteiger partial charge on any atom is -0.361 e. The fraction of sp³-hybridized carbons (Fsp3) is 0. The van der Waals surface area contributed by atoms with Gasteiger partial charge in [0.2, 0.25) is 0 Å². The molecule has 0 amide bonds. The number of aromatic nitrogens is 2. The number of rotatable bonds is 0. The van der Waals surface area contributed by atoms with Crippen molar-refractivity contribution in [2.75, 3.05) is 0 Å². The van der Waals surface area contributed by atoms with Crippen LogP contribution in [0.5, 0.6) is 0 Å². The molecule has 4 nitrogen and oxygen atoms in total. The Morgan fingerprint density at radius 2 is 0.839 bits per heavy atom. The van der Waals surface area contributed by atoms with Gasteiger partial charge in [-0.15, -0.1) is 0 Å². The van der Waals surface area contributed by atoms with E-state index in [0.717, 1.165) is 43.4 Å². The van der Waals surface area contributed by atoms with Crippen molar-refractivity contribution in [1.82, 2.24) is 9.97 Å². The van der Waals surface area contributed by atoms with Crippen LogP contribution in [-0.4, -0.2) is 9.97 Å². The van der Waals surface area contributed by atoms with Crippen LogP contribution in [0.1, 0.15) is 0 Å². The second-order valence-corrected chi connectivity index (χ2v) is 7.11. The van der Waals surface area contributed by atoms with E-state index in [1.54, 1.807) is 24.3 Å². The summed E-state index contributed by atoms with van der Waals surface area (Å²) in [6.07, 6.45) is 3.68. The van der Waals surface area contributed by atoms with E-state index < -0.39 is 0 Å². The summed E-state index contributed by atoms with van der Waals surface area (Å²) in [6.45, 7) is 0. The first kappa shape index (κ1) is 20.7. The van der Waals surface area contributed by atoms with Crippen molar-refractivity contribution in [3.63, 3.8) is 0 Å². The Morgan fingerprint density at radius 3 is 1.29 bits per heavy atom. The molecule has 2 heterocycles. The van der Waals surface area contributed by atoms with Gasteiger partial charge in [0, 0.05) is 12.4 Å². The molecule has 0 fully saturated rings. The van der Waals surface area contributed by atoms with Crippen LogP contribution in [0.25, 0.3) is 43.4 Å². The smallest absolute Gasteiger partial charge is 0.361 e. The number of hydrogen-bond donors (Lipinski definition) is 2. The number of pyridine rings is 2. The Morgan fingerprint density at radius 1 is 0.452 bits per heavy atom. The van der Waals surface area contributed by atoms with Gasteiger partial charge in [-0.05, 0) is 45.8 Å². The van der Waals surface area contributed by atoms with Crippen LogP contribution in [0.2, 0.25) is 0 Å². The first-order valence-corrected chi connectivity index (χ1v) is 9.71. The van der Waals surface area contributed by atoms with Crippen molar-refractivity contribution in [3.05, 3.63) is 118 Å². The topological polar surface area (TPSA) is 65.7 Å². The van der Waals surface area contributed by atoms with Crippen molar-refractivity contribution >= 4 is 43.4 Å². The number of nitrogens with one attached hydrogen (secondary N) is 2. The van der Waals surface area contributed by atoms with Crippen molar-refractivity contribution in [3.8, 4) is 0 Å². The molecular weight excluding hydrogens is 473 g/mol. The monoisotopic (exact) mass is 492 g/mol. The molecule has 6 rings (SSSR count). The predicted molar refractivity (Wildman–Crippen MR) is 124 cm³/mol. The second-order valence-electron chi connectivity index (χ2n) is 7.11. The fourth-order valence-electron chi connectivity index (χ4n) is 3.88. The summed E-state index contributed by atoms with van der Waals surface area (Å²) in [5, 5.41) is 5.64. The molecule has 31 heavy (non-hydrogen) atoms. The average Bonchev–Trinajstić information content (AvgIpc) is 2.79. The Kier molecular flexibility index (Phi) is 5.79. The van der Waals surface area contributed by atoms with Gasteiger partial charge in [-0.25, -0.2) is 0 Å². The quantitative estimate of drug-likeness (QED) is 0.222. The number of fused-ring (bicyclic) bond motifs is 6. The molecule has 0 radical (unpaired) electrons. The van der Waals surface area contributed by atoms with E-state index >= 15 is 0 Å². The number of H-pyrrole nitrogens is 2. The van der Waals surface area contributed by atoms with Crippen LogP contribution in [-0.2, 0) is 19.5 Å². The van der Waals surface area contributed by atoms with Gasteiger partial charge in [-0.1, -0.05) is 60.7 Å². The minimum absolute atomic E-state index is 0. The van der Waals surface area contributed by atoms with Gasteiger partial charge in [-0.2, -0.15) is 0 Å². The van der Waals surface area contributed by atoms with Gasteiger partial charge in [0.1, 0.15) is 0 Å². The van der Waals surface area contributed by atoms with Gasteiger partial charge in [0.05, 0.1) is 21.8 Å². The zero-order valence-corrected chi connectivity index (χ0v) is 18.1. The molecule has 4 aromatic carbocycles. The molecule has 2 aromatic heterocycles. The third-order valence-electron chi connectivity index (χ3n) is 5.28. The maximum absolute atomic E-state index is 11.8. The zero-order chi connectivity index (χ0) is 20.5. The van der Waals surface area contributed by atoms with Crippen LogP contribution in [0.3, 0.4) is 0 Å². The molecule has 0 atom stereocenters. The van der Waals surface area contributed by atoms with Crippen molar-refractivity contribution in [1.29, 1.82) is 0 Å². The van der Waals surface area contributed by atoms with Crippen molar-refractivity contribution in [2.45, 2.75) is 0 Å². The minimum atomic E-state index is 0. The summed E-state index contributed by atoms with van der Waals surface area (Å²) in [6, 6.07) is 26.6. The Labute approximate surface area is 190 Å². The summed E-state index contributed by atoms with van der Waals surface area (Å²) in [4.78, 5) is 29.8. The first-order chi connectivity index (χ1) is 14.7. The number of hydrogen-bond acceptors (Lipinski definition) is 2. The Balaban J connectivity index is 0.000000144. The molecule has 5 heteroatoms. The molecule has 0 spiro atoms. The summed E-state index contributed by atoms with van der Waals surface area (Å²) in [5.74, 6) is 0. The second kappa shape index (κ2) is 8.67. The molecular formula is C26H18N2O2Ru+2. The molecule has 150 valence electrons. The molecule has 0 bridgehead atoms. The standard InChI is InChI=1S/2C13H9NO.Ru/c2*15-11-5-1-3-9-6-7-10-4-2-8-14-13(10)12(9)11;/h2*1-8,14H;/q;;+2. The molecule has 0 aliphatic carbocycles. The van der Waals surface area contributed by atoms with Crippen molar-refractivity contribution in [2.24, 2.45) is 0 Å². The van der Waals surface area contributed by atoms with E-state index in [1.165, 1.54) is 0 Å². The van der Waals surface area contributed by atoms with Crippen LogP contribution in [0.15, 0.2) is 107 Å². The molecule has 0 unspecified atom stereocenters. The summed E-state index contributed by atoms with van der Waals surface area (Å²) in [7, 11) is 0. The van der Waals surface area contributed by atoms with Gasteiger partial charge in [0.25, 0.3) is 0 Å². The maximum atomic E-state index is 11.8. The Hall–Kier alpha value is -3.56. The first-order valence-electron chi connectivity index (χ1n) is 9.71. The maximum Gasteiger partial charge on any atom is 2.00 e. The van der Waals surface area contributed by atoms with Crippen LogP contribution in [0, 0.1) is 0 Å². The molecule has 0 aliphatic heterocycles. The number of aromatic amines is 2. The SMILES string of the molecule is O=c1cccc2ccc3ccc[nH]c3c12.O=c1cccc2ccc3ccc[nH]c3c12.[Ru+2]. The van der Waals surface area contributed by atoms with E-state index in [1.807, 2.05) is 73.1 Å². The van der Waals surface area contributed by atoms with Crippen LogP contribution < -0.4 is 10.9 Å². The summed E-state index contributed by atoms with van der Waals surface area (Å²) < 4.78 is 0. The molecule has 0 saturated heterocycles. The normalized spacial score (nSPS) is 10.6. The third kappa shape index (κ3) is 3.80. The van der Waals surface area contributed by atoms with Crippen LogP contribution >= 0.6 is 0 Å². The largest absolute Gasteiger partial charge is 2.00 e. The molecule has 6 aromatic rings. The van der Waals surface area contributed by atoms with Crippen molar-refractivity contribution < 1.29 is 19.5 Å². The number of benzene rings is 4. The van der Waals surface area contributed by atoms with E-state index in [4.69, 9.17) is 0 Å². The predicted octanol–water partition coefficient (Wildman–Crippen LogP) is 5.36. The summed E-state index contributed by atoms with van der Waals surface area (Å²) in [5.41, 5.74) is 1.97. The van der Waals surface area contributed by atoms with E-state index in [0.29, 0.717) is 0 Å². The van der Waals surface area contributed by atoms with Gasteiger partial charge in [0.15, 0.2) is 10.9 Å². The van der Waals surface area contributed by atoms with E-state index in [9.17, 15) is 9.59 Å². The zero-order valence-electron chi connectivity index (χ0n) is 16.4. The van der Waals surface area contributed by atoms with Crippen LogP contribution in [0.4, 0.5) is 0 Å². The fourth-order valence-corrected chi connectivity index (χ4v) is 3.88. The van der Waals surface area contributed by atoms with Gasteiger partial charge >= 0.3 is 19.5 Å².